The molecule has 3 aliphatic carbocycles. The molecular formula is C59H77N9O9S. The maximum atomic E-state index is 15.6. The van der Waals surface area contributed by atoms with Crippen molar-refractivity contribution in [1.82, 2.24) is 40.1 Å². The maximum Gasteiger partial charge on any atom is 0.325 e. The highest BCUT2D eigenvalue weighted by molar-refractivity contribution is 7.10. The van der Waals surface area contributed by atoms with Crippen molar-refractivity contribution in [3.8, 4) is 22.5 Å². The highest BCUT2D eigenvalue weighted by Gasteiger charge is 2.63. The van der Waals surface area contributed by atoms with Gasteiger partial charge in [0.15, 0.2) is 0 Å². The summed E-state index contributed by atoms with van der Waals surface area (Å²) >= 11 is 1.53. The second-order valence-corrected chi connectivity index (χ2v) is 26.5. The highest BCUT2D eigenvalue weighted by atomic mass is 32.1. The van der Waals surface area contributed by atoms with Crippen LogP contribution in [0, 0.1) is 22.7 Å². The second-order valence-electron chi connectivity index (χ2n) is 25.7. The lowest BCUT2D eigenvalue weighted by Crippen LogP contribution is -2.74. The van der Waals surface area contributed by atoms with E-state index in [1.54, 1.807) is 12.1 Å². The molecule has 10 bridgehead atoms. The fourth-order valence-electron chi connectivity index (χ4n) is 14.6. The molecule has 78 heavy (non-hydrogen) atoms. The number of pyridine rings is 1. The van der Waals surface area contributed by atoms with Crippen LogP contribution < -0.4 is 15.6 Å². The Bertz CT molecular complexity index is 2960. The largest absolute Gasteiger partial charge is 0.464 e. The third-order valence-corrected chi connectivity index (χ3v) is 20.5. The number of nitrogens with one attached hydrogen (secondary N) is 2. The minimum absolute atomic E-state index is 0.00389. The predicted molar refractivity (Wildman–Crippen MR) is 293 cm³/mol. The molecule has 0 unspecified atom stereocenters. The van der Waals surface area contributed by atoms with Gasteiger partial charge < -0.3 is 43.2 Å². The number of piperazine rings is 1. The van der Waals surface area contributed by atoms with Crippen LogP contribution in [0.4, 0.5) is 5.69 Å². The summed E-state index contributed by atoms with van der Waals surface area (Å²) in [5.41, 5.74) is 9.84. The summed E-state index contributed by atoms with van der Waals surface area (Å²) in [6.45, 7) is 17.8. The molecule has 12 aliphatic rings. The first kappa shape index (κ1) is 51.6. The number of fused-ring (bicyclic) bond motifs is 5. The third-order valence-electron chi connectivity index (χ3n) is 19.6. The van der Waals surface area contributed by atoms with E-state index in [-0.39, 0.29) is 60.1 Å². The van der Waals surface area contributed by atoms with Crippen molar-refractivity contribution in [3.05, 3.63) is 52.1 Å². The molecule has 11 fully saturated rings. The van der Waals surface area contributed by atoms with Gasteiger partial charge in [0.1, 0.15) is 22.7 Å². The lowest BCUT2D eigenvalue weighted by Gasteiger charge is -2.58. The van der Waals surface area contributed by atoms with Crippen LogP contribution in [0.5, 0.6) is 0 Å². The number of esters is 1. The standard InChI is InChI=1S/C59H77N9O9S/c1-34-38-24-59(25-38,77-34)56(71)62-50-52(66-29-58(30-66)32-74-33-58)53-61-46(28-78-53)36-6-9-47-43(22-36)45(26-57(3,4)31-76-55(70)49-37-20-40(21-37)68(63-49)54(50)69)51(67(47)16-19-75-42-10-17-73-18-11-42)44-23-41(27-60-48(44)35(2)72-5)65-14-12-64(13-15-65)39-7-8-39/h6,9,22-23,27-28,34-35,37-40,42,49-50,52,63H,7-8,10-21,24-26,29-33H2,1-5H3,(H,62,71)/t34-,35+,37?,38?,40?,49+,50+,52+,59?/m1/s1. The summed E-state index contributed by atoms with van der Waals surface area (Å²) in [7, 11) is 1.75. The van der Waals surface area contributed by atoms with Crippen LogP contribution in [-0.4, -0.2) is 175 Å². The number of carbonyl (C=O) groups excluding carboxylic acids is 3. The minimum Gasteiger partial charge on any atom is -0.464 e. The van der Waals surface area contributed by atoms with Crippen molar-refractivity contribution < 1.29 is 42.8 Å². The molecule has 5 atom stereocenters. The zero-order valence-corrected chi connectivity index (χ0v) is 46.8. The summed E-state index contributed by atoms with van der Waals surface area (Å²) in [4.78, 5) is 63.2. The van der Waals surface area contributed by atoms with Gasteiger partial charge in [0.25, 0.3) is 11.8 Å². The number of nitrogens with zero attached hydrogens (tertiary/aromatic N) is 7. The number of hydrogen-bond acceptors (Lipinski definition) is 16. The van der Waals surface area contributed by atoms with E-state index in [1.807, 2.05) is 13.1 Å². The lowest BCUT2D eigenvalue weighted by molar-refractivity contribution is -0.204. The van der Waals surface area contributed by atoms with Crippen molar-refractivity contribution in [3.63, 3.8) is 0 Å². The van der Waals surface area contributed by atoms with E-state index in [9.17, 15) is 9.59 Å². The van der Waals surface area contributed by atoms with Crippen LogP contribution in [0.15, 0.2) is 35.8 Å². The molecule has 0 radical (unpaired) electrons. The van der Waals surface area contributed by atoms with Crippen molar-refractivity contribution in [2.45, 2.75) is 146 Å². The fourth-order valence-corrected chi connectivity index (χ4v) is 15.6. The second kappa shape index (κ2) is 19.9. The molecule has 8 saturated heterocycles. The Labute approximate surface area is 461 Å². The molecule has 3 saturated carbocycles. The Morgan fingerprint density at radius 2 is 1.74 bits per heavy atom. The predicted octanol–water partition coefficient (Wildman–Crippen LogP) is 6.06. The van der Waals surface area contributed by atoms with Crippen LogP contribution in [0.2, 0.25) is 0 Å². The van der Waals surface area contributed by atoms with E-state index in [4.69, 9.17) is 38.4 Å². The van der Waals surface area contributed by atoms with Crippen LogP contribution in [-0.2, 0) is 55.8 Å². The summed E-state index contributed by atoms with van der Waals surface area (Å²) in [5.74, 6) is -0.575. The first-order valence-corrected chi connectivity index (χ1v) is 30.0. The fraction of sp³-hybridized carbons (Fsp3) is 0.678. The van der Waals surface area contributed by atoms with Gasteiger partial charge in [-0.1, -0.05) is 19.9 Å². The molecule has 1 spiro atoms. The van der Waals surface area contributed by atoms with E-state index in [0.717, 1.165) is 100 Å². The molecule has 16 rings (SSSR count). The molecular weight excluding hydrogens is 1010 g/mol. The van der Waals surface area contributed by atoms with Crippen LogP contribution >= 0.6 is 11.3 Å². The van der Waals surface area contributed by atoms with Crippen LogP contribution in [0.3, 0.4) is 0 Å². The number of benzene rings is 1. The molecule has 18 nitrogen and oxygen atoms in total. The van der Waals surface area contributed by atoms with Gasteiger partial charge in [0.2, 0.25) is 0 Å². The number of anilines is 1. The monoisotopic (exact) mass is 1090 g/mol. The topological polar surface area (TPSA) is 174 Å². The van der Waals surface area contributed by atoms with Crippen LogP contribution in [0.25, 0.3) is 33.4 Å². The number of hydrogen-bond donors (Lipinski definition) is 2. The van der Waals surface area contributed by atoms with Crippen molar-refractivity contribution in [1.29, 1.82) is 0 Å². The number of cyclic esters (lactones) is 1. The normalized spacial score (nSPS) is 32.2. The van der Waals surface area contributed by atoms with E-state index in [2.05, 4.69) is 80.4 Å². The maximum absolute atomic E-state index is 15.6. The quantitative estimate of drug-likeness (QED) is 0.157. The van der Waals surface area contributed by atoms with Gasteiger partial charge in [0, 0.05) is 116 Å². The Morgan fingerprint density at radius 3 is 2.45 bits per heavy atom. The molecule has 418 valence electrons. The Morgan fingerprint density at radius 1 is 0.962 bits per heavy atom. The van der Waals surface area contributed by atoms with Crippen LogP contribution in [0.1, 0.15) is 107 Å². The first-order chi connectivity index (χ1) is 37.7. The number of likely N-dealkylation sites (tertiary alicyclic amines) is 1. The number of methoxy groups -OCH3 is 1. The van der Waals surface area contributed by atoms with E-state index < -0.39 is 29.1 Å². The molecule has 3 aromatic heterocycles. The van der Waals surface area contributed by atoms with Gasteiger partial charge in [-0.3, -0.25) is 34.2 Å². The zero-order valence-electron chi connectivity index (χ0n) is 46.0. The highest BCUT2D eigenvalue weighted by Crippen LogP contribution is 2.53. The smallest absolute Gasteiger partial charge is 0.325 e. The molecule has 2 amide bonds. The number of carbonyl (C=O) groups is 3. The van der Waals surface area contributed by atoms with Crippen molar-refractivity contribution in [2.24, 2.45) is 22.7 Å². The first-order valence-electron chi connectivity index (χ1n) is 29.1. The number of rotatable bonds is 12. The lowest BCUT2D eigenvalue weighted by atomic mass is 9.71. The van der Waals surface area contributed by atoms with E-state index in [0.29, 0.717) is 90.7 Å². The zero-order chi connectivity index (χ0) is 53.2. The number of aromatic nitrogens is 3. The van der Waals surface area contributed by atoms with Gasteiger partial charge in [-0.2, -0.15) is 0 Å². The van der Waals surface area contributed by atoms with Gasteiger partial charge in [0.05, 0.1) is 79.7 Å². The average Bonchev–Trinajstić information content (AvgIpc) is 3.95. The number of amides is 2. The van der Waals surface area contributed by atoms with Crippen molar-refractivity contribution >= 4 is 45.7 Å². The summed E-state index contributed by atoms with van der Waals surface area (Å²) in [5, 5.41) is 8.91. The average molecular weight is 1090 g/mol. The minimum atomic E-state index is -1.02. The molecule has 12 heterocycles. The summed E-state index contributed by atoms with van der Waals surface area (Å²) in [6.07, 6.45) is 9.32. The summed E-state index contributed by atoms with van der Waals surface area (Å²) in [6, 6.07) is 7.28. The Kier molecular flexibility index (Phi) is 13.1. The van der Waals surface area contributed by atoms with E-state index in [1.165, 1.54) is 24.2 Å². The Hall–Kier alpha value is -4.57. The van der Waals surface area contributed by atoms with Gasteiger partial charge in [-0.05, 0) is 107 Å². The SMILES string of the molecule is CO[C@@H](C)c1ncc(N2CCN(C3CC3)CC2)cc1-c1c2c3cc(ccc3n1CCOC1CCOCC1)-c1csc(n1)[C@@H](N1CC3(COC3)C1)[C@H](NC(=O)C13CC(C1)[C@@H](C)O3)C(=O)N1N[C@H](C(=O)OCC(C)(C)C2)C2CC1C2. The number of hydrazine groups is 1. The van der Waals surface area contributed by atoms with Crippen molar-refractivity contribution in [2.75, 3.05) is 90.9 Å². The molecule has 9 aliphatic heterocycles. The number of ether oxygens (including phenoxy) is 6. The summed E-state index contributed by atoms with van der Waals surface area (Å²) < 4.78 is 39.6. The van der Waals surface area contributed by atoms with Gasteiger partial charge >= 0.3 is 5.97 Å². The number of thiazole rings is 1. The third kappa shape index (κ3) is 9.09. The molecule has 1 aromatic carbocycles. The Balaban J connectivity index is 0.911. The van der Waals surface area contributed by atoms with Gasteiger partial charge in [-0.15, -0.1) is 11.3 Å². The molecule has 2 N–H and O–H groups in total. The molecule has 19 heteroatoms. The van der Waals surface area contributed by atoms with Gasteiger partial charge in [-0.25, -0.2) is 10.4 Å². The molecule has 4 aromatic rings. The van der Waals surface area contributed by atoms with E-state index >= 15 is 4.79 Å².